The van der Waals surface area contributed by atoms with E-state index >= 15 is 0 Å². The number of hydrogen-bond donors (Lipinski definition) is 2. The van der Waals surface area contributed by atoms with Gasteiger partial charge in [0, 0.05) is 12.0 Å². The Labute approximate surface area is 84.9 Å². The van der Waals surface area contributed by atoms with Crippen LogP contribution in [0.25, 0.3) is 0 Å². The zero-order valence-electron chi connectivity index (χ0n) is 8.54. The molecule has 0 aromatic rings. The van der Waals surface area contributed by atoms with Crippen molar-refractivity contribution in [3.05, 3.63) is 0 Å². The van der Waals surface area contributed by atoms with Gasteiger partial charge in [-0.3, -0.25) is 4.79 Å². The zero-order chi connectivity index (χ0) is 9.97. The Bertz CT molecular complexity index is 205. The van der Waals surface area contributed by atoms with E-state index < -0.39 is 0 Å². The van der Waals surface area contributed by atoms with Crippen LogP contribution in [0, 0.1) is 5.92 Å². The van der Waals surface area contributed by atoms with Crippen LogP contribution in [0.15, 0.2) is 0 Å². The highest BCUT2D eigenvalue weighted by Gasteiger charge is 2.30. The normalized spacial score (nSPS) is 33.5. The molecule has 14 heavy (non-hydrogen) atoms. The predicted molar refractivity (Wildman–Crippen MR) is 53.7 cm³/mol. The van der Waals surface area contributed by atoms with Gasteiger partial charge in [-0.05, 0) is 25.7 Å². The highest BCUT2D eigenvalue weighted by atomic mass is 16.3. The van der Waals surface area contributed by atoms with E-state index in [1.165, 1.54) is 19.3 Å². The van der Waals surface area contributed by atoms with Gasteiger partial charge >= 0.3 is 0 Å². The van der Waals surface area contributed by atoms with Gasteiger partial charge in [-0.2, -0.15) is 0 Å². The summed E-state index contributed by atoms with van der Waals surface area (Å²) >= 11 is 0. The first-order chi connectivity index (χ1) is 6.75. The van der Waals surface area contributed by atoms with Crippen LogP contribution >= 0.6 is 0 Å². The molecule has 0 atom stereocenters. The summed E-state index contributed by atoms with van der Waals surface area (Å²) in [5, 5.41) is 12.1. The van der Waals surface area contributed by atoms with Crippen molar-refractivity contribution in [3.8, 4) is 0 Å². The Hall–Kier alpha value is -0.570. The largest absolute Gasteiger partial charge is 0.393 e. The summed E-state index contributed by atoms with van der Waals surface area (Å²) in [4.78, 5) is 11.7. The van der Waals surface area contributed by atoms with Crippen molar-refractivity contribution in [2.75, 3.05) is 0 Å². The van der Waals surface area contributed by atoms with Crippen molar-refractivity contribution >= 4 is 5.91 Å². The molecule has 1 amide bonds. The monoisotopic (exact) mass is 197 g/mol. The first kappa shape index (κ1) is 9.97. The molecule has 0 heterocycles. The van der Waals surface area contributed by atoms with Crippen LogP contribution < -0.4 is 5.32 Å². The van der Waals surface area contributed by atoms with E-state index in [-0.39, 0.29) is 24.0 Å². The first-order valence-electron chi connectivity index (χ1n) is 5.74. The third kappa shape index (κ3) is 2.27. The fourth-order valence-corrected chi connectivity index (χ4v) is 2.39. The van der Waals surface area contributed by atoms with Gasteiger partial charge in [0.1, 0.15) is 0 Å². The number of aliphatic hydroxyl groups excluding tert-OH is 1. The van der Waals surface area contributed by atoms with Gasteiger partial charge in [-0.25, -0.2) is 0 Å². The van der Waals surface area contributed by atoms with Gasteiger partial charge in [-0.1, -0.05) is 19.3 Å². The third-order valence-corrected chi connectivity index (χ3v) is 3.44. The fraction of sp³-hybridized carbons (Fsp3) is 0.909. The van der Waals surface area contributed by atoms with Crippen molar-refractivity contribution in [2.45, 2.75) is 57.1 Å². The Morgan fingerprint density at radius 2 is 1.79 bits per heavy atom. The molecule has 3 nitrogen and oxygen atoms in total. The maximum Gasteiger partial charge on any atom is 0.223 e. The fourth-order valence-electron chi connectivity index (χ4n) is 2.39. The minimum Gasteiger partial charge on any atom is -0.393 e. The van der Waals surface area contributed by atoms with Gasteiger partial charge in [0.15, 0.2) is 0 Å². The second-order valence-electron chi connectivity index (χ2n) is 4.67. The average Bonchev–Trinajstić information content (AvgIpc) is 2.17. The Morgan fingerprint density at radius 3 is 2.36 bits per heavy atom. The maximum atomic E-state index is 11.7. The number of amides is 1. The van der Waals surface area contributed by atoms with Crippen molar-refractivity contribution in [1.82, 2.24) is 5.32 Å². The molecule has 0 aliphatic heterocycles. The van der Waals surface area contributed by atoms with E-state index in [0.29, 0.717) is 0 Å². The molecule has 0 aromatic heterocycles. The molecule has 0 saturated heterocycles. The first-order valence-corrected chi connectivity index (χ1v) is 5.74. The summed E-state index contributed by atoms with van der Waals surface area (Å²) in [5.74, 6) is 0.475. The Morgan fingerprint density at radius 1 is 1.14 bits per heavy atom. The molecule has 2 rings (SSSR count). The van der Waals surface area contributed by atoms with Gasteiger partial charge in [0.25, 0.3) is 0 Å². The highest BCUT2D eigenvalue weighted by molar-refractivity contribution is 5.79. The molecule has 80 valence electrons. The van der Waals surface area contributed by atoms with Crippen molar-refractivity contribution in [1.29, 1.82) is 0 Å². The minimum atomic E-state index is -0.174. The lowest BCUT2D eigenvalue weighted by molar-refractivity contribution is -0.128. The second-order valence-corrected chi connectivity index (χ2v) is 4.67. The number of carbonyl (C=O) groups is 1. The molecule has 3 heteroatoms. The quantitative estimate of drug-likeness (QED) is 0.699. The summed E-state index contributed by atoms with van der Waals surface area (Å²) < 4.78 is 0. The molecule has 0 radical (unpaired) electrons. The lowest BCUT2D eigenvalue weighted by atomic mass is 9.86. The lowest BCUT2D eigenvalue weighted by Gasteiger charge is -2.33. The lowest BCUT2D eigenvalue weighted by Crippen LogP contribution is -2.48. The molecule has 2 saturated carbocycles. The van der Waals surface area contributed by atoms with Gasteiger partial charge < -0.3 is 10.4 Å². The van der Waals surface area contributed by atoms with Crippen LogP contribution in [0.4, 0.5) is 0 Å². The molecule has 2 aliphatic carbocycles. The Balaban J connectivity index is 1.71. The molecular formula is C11H19NO2. The van der Waals surface area contributed by atoms with Crippen LogP contribution in [0.2, 0.25) is 0 Å². The molecule has 2 fully saturated rings. The number of hydrogen-bond acceptors (Lipinski definition) is 2. The van der Waals surface area contributed by atoms with Gasteiger partial charge in [0.05, 0.1) is 6.10 Å². The van der Waals surface area contributed by atoms with E-state index in [2.05, 4.69) is 5.32 Å². The molecule has 0 aromatic carbocycles. The molecule has 2 N–H and O–H groups in total. The van der Waals surface area contributed by atoms with Crippen LogP contribution in [-0.2, 0) is 4.79 Å². The maximum absolute atomic E-state index is 11.7. The standard InChI is InChI=1S/C11H19NO2/c13-10-6-9(7-10)12-11(14)8-4-2-1-3-5-8/h8-10,13H,1-7H2,(H,12,14). The van der Waals surface area contributed by atoms with Crippen LogP contribution in [0.3, 0.4) is 0 Å². The van der Waals surface area contributed by atoms with Crippen molar-refractivity contribution < 1.29 is 9.90 Å². The molecule has 2 aliphatic rings. The van der Waals surface area contributed by atoms with E-state index in [0.717, 1.165) is 25.7 Å². The summed E-state index contributed by atoms with van der Waals surface area (Å²) in [5.41, 5.74) is 0. The number of aliphatic hydroxyl groups is 1. The second kappa shape index (κ2) is 4.30. The summed E-state index contributed by atoms with van der Waals surface area (Å²) in [7, 11) is 0. The molecule has 0 unspecified atom stereocenters. The third-order valence-electron chi connectivity index (χ3n) is 3.44. The number of rotatable bonds is 2. The van der Waals surface area contributed by atoms with Crippen molar-refractivity contribution in [2.24, 2.45) is 5.92 Å². The van der Waals surface area contributed by atoms with Gasteiger partial charge in [-0.15, -0.1) is 0 Å². The number of carbonyl (C=O) groups excluding carboxylic acids is 1. The smallest absolute Gasteiger partial charge is 0.223 e. The van der Waals surface area contributed by atoms with Crippen LogP contribution in [0.1, 0.15) is 44.9 Å². The summed E-state index contributed by atoms with van der Waals surface area (Å²) in [6, 6.07) is 0.249. The minimum absolute atomic E-state index is 0.174. The van der Waals surface area contributed by atoms with E-state index in [1.54, 1.807) is 0 Å². The molecular weight excluding hydrogens is 178 g/mol. The summed E-state index contributed by atoms with van der Waals surface area (Å²) in [6.07, 6.45) is 7.12. The van der Waals surface area contributed by atoms with E-state index in [9.17, 15) is 4.79 Å². The van der Waals surface area contributed by atoms with Crippen LogP contribution in [-0.4, -0.2) is 23.2 Å². The predicted octanol–water partition coefficient (Wildman–Crippen LogP) is 1.21. The SMILES string of the molecule is O=C(NC1CC(O)C1)C1CCCCC1. The zero-order valence-corrected chi connectivity index (χ0v) is 8.54. The van der Waals surface area contributed by atoms with E-state index in [4.69, 9.17) is 5.11 Å². The molecule has 0 spiro atoms. The summed E-state index contributed by atoms with van der Waals surface area (Å²) in [6.45, 7) is 0. The Kier molecular flexibility index (Phi) is 3.06. The van der Waals surface area contributed by atoms with E-state index in [1.807, 2.05) is 0 Å². The van der Waals surface area contributed by atoms with Gasteiger partial charge in [0.2, 0.25) is 5.91 Å². The topological polar surface area (TPSA) is 49.3 Å². The van der Waals surface area contributed by atoms with Crippen LogP contribution in [0.5, 0.6) is 0 Å². The van der Waals surface area contributed by atoms with Crippen molar-refractivity contribution in [3.63, 3.8) is 0 Å². The average molecular weight is 197 g/mol. The number of nitrogens with one attached hydrogen (secondary N) is 1. The highest BCUT2D eigenvalue weighted by Crippen LogP contribution is 2.25. The molecule has 0 bridgehead atoms.